The smallest absolute Gasteiger partial charge is 0.194 e. The predicted octanol–water partition coefficient (Wildman–Crippen LogP) is 3.54. The number of halogens is 1. The van der Waals surface area contributed by atoms with Crippen LogP contribution in [0, 0.1) is 11.3 Å². The number of likely N-dealkylation sites (tertiary alicyclic amines) is 1. The van der Waals surface area contributed by atoms with Gasteiger partial charge in [0.25, 0.3) is 0 Å². The van der Waals surface area contributed by atoms with Crippen molar-refractivity contribution >= 4 is 41.3 Å². The first-order valence-electron chi connectivity index (χ1n) is 9.15. The van der Waals surface area contributed by atoms with Crippen molar-refractivity contribution in [3.8, 4) is 0 Å². The summed E-state index contributed by atoms with van der Waals surface area (Å²) in [5, 5.41) is 4.68. The molecule has 1 aromatic rings. The molecule has 3 heterocycles. The van der Waals surface area contributed by atoms with Gasteiger partial charge in [-0.05, 0) is 25.7 Å². The molecule has 25 heavy (non-hydrogen) atoms. The Morgan fingerprint density at radius 1 is 1.48 bits per heavy atom. The summed E-state index contributed by atoms with van der Waals surface area (Å²) < 4.78 is 5.64. The van der Waals surface area contributed by atoms with Crippen molar-refractivity contribution < 1.29 is 4.74 Å². The topological polar surface area (TPSA) is 49.8 Å². The molecule has 2 fully saturated rings. The largest absolute Gasteiger partial charge is 0.381 e. The van der Waals surface area contributed by atoms with Gasteiger partial charge in [-0.1, -0.05) is 13.8 Å². The van der Waals surface area contributed by atoms with E-state index in [4.69, 9.17) is 9.73 Å². The van der Waals surface area contributed by atoms with Crippen molar-refractivity contribution in [1.82, 2.24) is 15.2 Å². The average Bonchev–Trinajstić information content (AvgIpc) is 3.27. The van der Waals surface area contributed by atoms with Gasteiger partial charge in [0.05, 0.1) is 18.2 Å². The van der Waals surface area contributed by atoms with Gasteiger partial charge in [0.2, 0.25) is 0 Å². The molecule has 1 aromatic heterocycles. The molecule has 1 atom stereocenters. The minimum absolute atomic E-state index is 0. The van der Waals surface area contributed by atoms with Crippen LogP contribution < -0.4 is 5.32 Å². The van der Waals surface area contributed by atoms with E-state index in [-0.39, 0.29) is 24.0 Å². The highest BCUT2D eigenvalue weighted by Crippen LogP contribution is 2.38. The molecule has 0 radical (unpaired) electrons. The molecule has 7 heteroatoms. The second-order valence-corrected chi connectivity index (χ2v) is 8.66. The van der Waals surface area contributed by atoms with E-state index in [9.17, 15) is 0 Å². The molecule has 1 spiro atoms. The van der Waals surface area contributed by atoms with E-state index >= 15 is 0 Å². The third kappa shape index (κ3) is 5.53. The summed E-state index contributed by atoms with van der Waals surface area (Å²) in [7, 11) is 0. The molecule has 2 saturated heterocycles. The van der Waals surface area contributed by atoms with Crippen LogP contribution in [0.5, 0.6) is 0 Å². The van der Waals surface area contributed by atoms with Gasteiger partial charge in [0.15, 0.2) is 5.96 Å². The fourth-order valence-electron chi connectivity index (χ4n) is 3.53. The van der Waals surface area contributed by atoms with E-state index < -0.39 is 0 Å². The van der Waals surface area contributed by atoms with E-state index in [0.717, 1.165) is 51.8 Å². The van der Waals surface area contributed by atoms with Gasteiger partial charge in [0, 0.05) is 49.2 Å². The first kappa shape index (κ1) is 20.9. The molecule has 0 aromatic carbocycles. The van der Waals surface area contributed by atoms with Crippen LogP contribution in [0.3, 0.4) is 0 Å². The summed E-state index contributed by atoms with van der Waals surface area (Å²) in [6.07, 6.45) is 5.46. The maximum absolute atomic E-state index is 5.64. The average molecular weight is 478 g/mol. The van der Waals surface area contributed by atoms with E-state index in [1.165, 1.54) is 22.7 Å². The molecule has 2 aliphatic heterocycles. The van der Waals surface area contributed by atoms with Gasteiger partial charge in [-0.2, -0.15) is 0 Å². The number of nitrogens with one attached hydrogen (secondary N) is 1. The van der Waals surface area contributed by atoms with Gasteiger partial charge in [0.1, 0.15) is 0 Å². The first-order chi connectivity index (χ1) is 11.6. The number of hydrogen-bond donors (Lipinski definition) is 1. The van der Waals surface area contributed by atoms with Crippen LogP contribution in [0.15, 0.2) is 11.2 Å². The number of rotatable bonds is 5. The molecule has 1 N–H and O–H groups in total. The van der Waals surface area contributed by atoms with Crippen LogP contribution in [-0.4, -0.2) is 48.7 Å². The molecule has 0 aliphatic carbocycles. The van der Waals surface area contributed by atoms with Crippen LogP contribution in [0.25, 0.3) is 0 Å². The second kappa shape index (κ2) is 9.50. The number of aromatic nitrogens is 1. The van der Waals surface area contributed by atoms with Crippen LogP contribution >= 0.6 is 35.3 Å². The maximum atomic E-state index is 5.64. The summed E-state index contributed by atoms with van der Waals surface area (Å²) in [6, 6.07) is 0. The molecule has 0 bridgehead atoms. The van der Waals surface area contributed by atoms with E-state index in [2.05, 4.69) is 36.0 Å². The Labute approximate surface area is 172 Å². The van der Waals surface area contributed by atoms with Gasteiger partial charge >= 0.3 is 0 Å². The highest BCUT2D eigenvalue weighted by Gasteiger charge is 2.42. The van der Waals surface area contributed by atoms with Gasteiger partial charge < -0.3 is 15.0 Å². The highest BCUT2D eigenvalue weighted by atomic mass is 127. The molecule has 0 amide bonds. The molecule has 142 valence electrons. The summed E-state index contributed by atoms with van der Waals surface area (Å²) >= 11 is 1.80. The number of nitrogens with zero attached hydrogens (tertiary/aromatic N) is 3. The minimum atomic E-state index is 0. The predicted molar refractivity (Wildman–Crippen MR) is 115 cm³/mol. The van der Waals surface area contributed by atoms with E-state index in [0.29, 0.717) is 11.3 Å². The lowest BCUT2D eigenvalue weighted by molar-refractivity contribution is 0.156. The second-order valence-electron chi connectivity index (χ2n) is 7.46. The Hall–Kier alpha value is -0.410. The number of ether oxygens (including phenoxy) is 1. The quantitative estimate of drug-likeness (QED) is 0.400. The van der Waals surface area contributed by atoms with Gasteiger partial charge in [-0.25, -0.2) is 9.98 Å². The molecule has 1 unspecified atom stereocenters. The summed E-state index contributed by atoms with van der Waals surface area (Å²) in [6.45, 7) is 12.2. The first-order valence-corrected chi connectivity index (χ1v) is 9.96. The van der Waals surface area contributed by atoms with Gasteiger partial charge in [-0.15, -0.1) is 35.3 Å². The third-order valence-electron chi connectivity index (χ3n) is 4.83. The number of guanidine groups is 1. The van der Waals surface area contributed by atoms with Gasteiger partial charge in [-0.3, -0.25) is 0 Å². The number of hydrogen-bond acceptors (Lipinski definition) is 4. The fourth-order valence-corrected chi connectivity index (χ4v) is 4.59. The van der Waals surface area contributed by atoms with Crippen molar-refractivity contribution in [3.05, 3.63) is 16.1 Å². The van der Waals surface area contributed by atoms with Crippen LogP contribution in [0.2, 0.25) is 0 Å². The standard InChI is InChI=1S/C18H30N4OS.HI/c1-4-19-17(22-7-5-18(12-22)6-8-23-13-18)21-11-15-10-20-16(24-15)9-14(2)3;/h10,14H,4-9,11-13H2,1-3H3,(H,19,21);1H. The molecular weight excluding hydrogens is 447 g/mol. The lowest BCUT2D eigenvalue weighted by Gasteiger charge is -2.24. The molecular formula is C18H31IN4OS. The van der Waals surface area contributed by atoms with Crippen LogP contribution in [0.1, 0.15) is 43.5 Å². The molecule has 2 aliphatic rings. The Morgan fingerprint density at radius 2 is 2.32 bits per heavy atom. The van der Waals surface area contributed by atoms with Crippen molar-refractivity contribution in [2.45, 2.75) is 46.6 Å². The van der Waals surface area contributed by atoms with Crippen molar-refractivity contribution in [2.75, 3.05) is 32.8 Å². The Morgan fingerprint density at radius 3 is 3.00 bits per heavy atom. The zero-order chi connectivity index (χ0) is 17.0. The van der Waals surface area contributed by atoms with Crippen molar-refractivity contribution in [3.63, 3.8) is 0 Å². The summed E-state index contributed by atoms with van der Waals surface area (Å²) in [4.78, 5) is 13.1. The highest BCUT2D eigenvalue weighted by molar-refractivity contribution is 14.0. The number of thiazole rings is 1. The zero-order valence-corrected chi connectivity index (χ0v) is 18.7. The Bertz CT molecular complexity index is 569. The lowest BCUT2D eigenvalue weighted by atomic mass is 9.87. The monoisotopic (exact) mass is 478 g/mol. The zero-order valence-electron chi connectivity index (χ0n) is 15.6. The Kier molecular flexibility index (Phi) is 7.94. The van der Waals surface area contributed by atoms with Crippen molar-refractivity contribution in [2.24, 2.45) is 16.3 Å². The molecule has 0 saturated carbocycles. The fraction of sp³-hybridized carbons (Fsp3) is 0.778. The SMILES string of the molecule is CCNC(=NCc1cnc(CC(C)C)s1)N1CCC2(CCOC2)C1.I. The van der Waals surface area contributed by atoms with Crippen molar-refractivity contribution in [1.29, 1.82) is 0 Å². The lowest BCUT2D eigenvalue weighted by Crippen LogP contribution is -2.41. The summed E-state index contributed by atoms with van der Waals surface area (Å²) in [5.74, 6) is 1.69. The summed E-state index contributed by atoms with van der Waals surface area (Å²) in [5.41, 5.74) is 0.366. The third-order valence-corrected chi connectivity index (χ3v) is 5.83. The minimum Gasteiger partial charge on any atom is -0.381 e. The van der Waals surface area contributed by atoms with E-state index in [1.54, 1.807) is 11.3 Å². The normalized spacial score (nSPS) is 23.5. The van der Waals surface area contributed by atoms with E-state index in [1.807, 2.05) is 6.20 Å². The molecule has 3 rings (SSSR count). The maximum Gasteiger partial charge on any atom is 0.194 e. The van der Waals surface area contributed by atoms with Crippen LogP contribution in [-0.2, 0) is 17.7 Å². The van der Waals surface area contributed by atoms with Crippen LogP contribution in [0.4, 0.5) is 0 Å². The molecule has 5 nitrogen and oxygen atoms in total. The number of aliphatic imine (C=N–C) groups is 1. The Balaban J connectivity index is 0.00000225.